The molecule has 0 aromatic heterocycles. The summed E-state index contributed by atoms with van der Waals surface area (Å²) in [6.07, 6.45) is 5.16. The van der Waals surface area contributed by atoms with Crippen LogP contribution in [0.5, 0.6) is 11.5 Å². The van der Waals surface area contributed by atoms with Gasteiger partial charge in [-0.15, -0.1) is 0 Å². The molecule has 1 aliphatic carbocycles. The van der Waals surface area contributed by atoms with Crippen LogP contribution < -0.4 is 15.2 Å². The van der Waals surface area contributed by atoms with Gasteiger partial charge in [0.05, 0.1) is 13.2 Å². The van der Waals surface area contributed by atoms with Crippen molar-refractivity contribution in [3.8, 4) is 11.5 Å². The van der Waals surface area contributed by atoms with Crippen LogP contribution in [-0.4, -0.2) is 13.2 Å². The van der Waals surface area contributed by atoms with E-state index in [1.165, 1.54) is 12.8 Å². The van der Waals surface area contributed by atoms with E-state index in [-0.39, 0.29) is 0 Å². The van der Waals surface area contributed by atoms with E-state index in [9.17, 15) is 0 Å². The molecule has 0 bridgehead atoms. The molecule has 1 saturated carbocycles. The van der Waals surface area contributed by atoms with Gasteiger partial charge in [0, 0.05) is 6.54 Å². The fourth-order valence-corrected chi connectivity index (χ4v) is 2.61. The van der Waals surface area contributed by atoms with E-state index in [1.807, 2.05) is 18.2 Å². The molecule has 100 valence electrons. The summed E-state index contributed by atoms with van der Waals surface area (Å²) in [7, 11) is 1.67. The summed E-state index contributed by atoms with van der Waals surface area (Å²) in [4.78, 5) is 0. The zero-order valence-corrected chi connectivity index (χ0v) is 11.3. The Morgan fingerprint density at radius 1 is 1.28 bits per heavy atom. The topological polar surface area (TPSA) is 44.5 Å². The van der Waals surface area contributed by atoms with Crippen molar-refractivity contribution in [2.24, 2.45) is 11.7 Å². The van der Waals surface area contributed by atoms with Crippen molar-refractivity contribution >= 4 is 0 Å². The SMILES string of the molecule is COc1ccc(CN)cc1OC1CCCC(C)C1. The normalized spacial score (nSPS) is 23.7. The van der Waals surface area contributed by atoms with Gasteiger partial charge in [0.2, 0.25) is 0 Å². The maximum Gasteiger partial charge on any atom is 0.161 e. The maximum absolute atomic E-state index is 6.11. The minimum atomic E-state index is 0.315. The molecule has 2 atom stereocenters. The van der Waals surface area contributed by atoms with E-state index in [2.05, 4.69) is 6.92 Å². The second-order valence-electron chi connectivity index (χ2n) is 5.20. The van der Waals surface area contributed by atoms with Crippen molar-refractivity contribution < 1.29 is 9.47 Å². The van der Waals surface area contributed by atoms with Crippen molar-refractivity contribution in [3.05, 3.63) is 23.8 Å². The second-order valence-corrected chi connectivity index (χ2v) is 5.20. The smallest absolute Gasteiger partial charge is 0.161 e. The molecular formula is C15H23NO2. The Kier molecular flexibility index (Phi) is 4.48. The van der Waals surface area contributed by atoms with Crippen LogP contribution in [0.2, 0.25) is 0 Å². The molecule has 3 heteroatoms. The molecule has 3 nitrogen and oxygen atoms in total. The lowest BCUT2D eigenvalue weighted by Crippen LogP contribution is -2.24. The molecule has 18 heavy (non-hydrogen) atoms. The third-order valence-electron chi connectivity index (χ3n) is 3.65. The average molecular weight is 249 g/mol. The fraction of sp³-hybridized carbons (Fsp3) is 0.600. The molecule has 2 rings (SSSR count). The van der Waals surface area contributed by atoms with Crippen LogP contribution in [0.25, 0.3) is 0 Å². The Bertz CT molecular complexity index is 392. The van der Waals surface area contributed by atoms with Gasteiger partial charge in [-0.2, -0.15) is 0 Å². The van der Waals surface area contributed by atoms with Gasteiger partial charge in [-0.1, -0.05) is 19.4 Å². The van der Waals surface area contributed by atoms with Crippen molar-refractivity contribution in [2.45, 2.75) is 45.3 Å². The van der Waals surface area contributed by atoms with E-state index < -0.39 is 0 Å². The molecule has 1 aliphatic rings. The van der Waals surface area contributed by atoms with E-state index in [1.54, 1.807) is 7.11 Å². The summed E-state index contributed by atoms with van der Waals surface area (Å²) in [5, 5.41) is 0. The second kappa shape index (κ2) is 6.10. The van der Waals surface area contributed by atoms with Crippen LogP contribution in [0, 0.1) is 5.92 Å². The van der Waals surface area contributed by atoms with E-state index >= 15 is 0 Å². The molecule has 0 saturated heterocycles. The summed E-state index contributed by atoms with van der Waals surface area (Å²) < 4.78 is 11.5. The number of nitrogens with two attached hydrogens (primary N) is 1. The molecule has 1 aromatic rings. The van der Waals surface area contributed by atoms with Crippen LogP contribution in [0.15, 0.2) is 18.2 Å². The number of benzene rings is 1. The first kappa shape index (κ1) is 13.2. The minimum Gasteiger partial charge on any atom is -0.493 e. The Labute approximate surface area is 109 Å². The molecule has 2 unspecified atom stereocenters. The molecule has 0 heterocycles. The zero-order chi connectivity index (χ0) is 13.0. The molecule has 0 aliphatic heterocycles. The van der Waals surface area contributed by atoms with Crippen molar-refractivity contribution in [1.29, 1.82) is 0 Å². The third kappa shape index (κ3) is 3.16. The van der Waals surface area contributed by atoms with Gasteiger partial charge in [-0.05, 0) is 42.9 Å². The highest BCUT2D eigenvalue weighted by atomic mass is 16.5. The Morgan fingerprint density at radius 2 is 2.11 bits per heavy atom. The Morgan fingerprint density at radius 3 is 2.78 bits per heavy atom. The summed E-state index contributed by atoms with van der Waals surface area (Å²) in [6.45, 7) is 2.82. The van der Waals surface area contributed by atoms with Gasteiger partial charge in [0.25, 0.3) is 0 Å². The van der Waals surface area contributed by atoms with E-state index in [0.717, 1.165) is 35.8 Å². The van der Waals surface area contributed by atoms with Gasteiger partial charge in [-0.3, -0.25) is 0 Å². The average Bonchev–Trinajstić information content (AvgIpc) is 2.38. The van der Waals surface area contributed by atoms with Gasteiger partial charge >= 0.3 is 0 Å². The van der Waals surface area contributed by atoms with Crippen LogP contribution in [-0.2, 0) is 6.54 Å². The lowest BCUT2D eigenvalue weighted by molar-refractivity contribution is 0.125. The molecule has 1 aromatic carbocycles. The quantitative estimate of drug-likeness (QED) is 0.891. The van der Waals surface area contributed by atoms with Crippen LogP contribution in [0.3, 0.4) is 0 Å². The predicted octanol–water partition coefficient (Wildman–Crippen LogP) is 3.11. The van der Waals surface area contributed by atoms with Crippen LogP contribution >= 0.6 is 0 Å². The summed E-state index contributed by atoms with van der Waals surface area (Å²) in [6, 6.07) is 5.91. The summed E-state index contributed by atoms with van der Waals surface area (Å²) in [5.74, 6) is 2.39. The lowest BCUT2D eigenvalue weighted by atomic mass is 9.89. The largest absolute Gasteiger partial charge is 0.493 e. The Hall–Kier alpha value is -1.22. The number of rotatable bonds is 4. The highest BCUT2D eigenvalue weighted by Crippen LogP contribution is 2.33. The first-order valence-electron chi connectivity index (χ1n) is 6.76. The van der Waals surface area contributed by atoms with Gasteiger partial charge in [0.1, 0.15) is 0 Å². The van der Waals surface area contributed by atoms with Gasteiger partial charge < -0.3 is 15.2 Å². The van der Waals surface area contributed by atoms with Crippen molar-refractivity contribution in [2.75, 3.05) is 7.11 Å². The molecular weight excluding hydrogens is 226 g/mol. The first-order chi connectivity index (χ1) is 8.72. The van der Waals surface area contributed by atoms with Gasteiger partial charge in [-0.25, -0.2) is 0 Å². The molecule has 0 radical (unpaired) electrons. The highest BCUT2D eigenvalue weighted by Gasteiger charge is 2.21. The predicted molar refractivity (Wildman–Crippen MR) is 72.9 cm³/mol. The number of ether oxygens (including phenoxy) is 2. The number of hydrogen-bond donors (Lipinski definition) is 1. The number of hydrogen-bond acceptors (Lipinski definition) is 3. The van der Waals surface area contributed by atoms with Crippen molar-refractivity contribution in [3.63, 3.8) is 0 Å². The molecule has 0 spiro atoms. The first-order valence-corrected chi connectivity index (χ1v) is 6.76. The van der Waals surface area contributed by atoms with E-state index in [0.29, 0.717) is 12.6 Å². The molecule has 2 N–H and O–H groups in total. The fourth-order valence-electron chi connectivity index (χ4n) is 2.61. The van der Waals surface area contributed by atoms with Crippen LogP contribution in [0.4, 0.5) is 0 Å². The summed E-state index contributed by atoms with van der Waals surface area (Å²) >= 11 is 0. The van der Waals surface area contributed by atoms with Crippen LogP contribution in [0.1, 0.15) is 38.2 Å². The van der Waals surface area contributed by atoms with Gasteiger partial charge in [0.15, 0.2) is 11.5 Å². The summed E-state index contributed by atoms with van der Waals surface area (Å²) in [5.41, 5.74) is 6.75. The minimum absolute atomic E-state index is 0.315. The van der Waals surface area contributed by atoms with Crippen molar-refractivity contribution in [1.82, 2.24) is 0 Å². The monoisotopic (exact) mass is 249 g/mol. The lowest BCUT2D eigenvalue weighted by Gasteiger charge is -2.28. The molecule has 0 amide bonds. The third-order valence-corrected chi connectivity index (χ3v) is 3.65. The molecule has 1 fully saturated rings. The Balaban J connectivity index is 2.11. The number of methoxy groups -OCH3 is 1. The maximum atomic E-state index is 6.11. The van der Waals surface area contributed by atoms with E-state index in [4.69, 9.17) is 15.2 Å². The standard InChI is InChI=1S/C15H23NO2/c1-11-4-3-5-13(8-11)18-15-9-12(10-16)6-7-14(15)17-2/h6-7,9,11,13H,3-5,8,10,16H2,1-2H3. The highest BCUT2D eigenvalue weighted by molar-refractivity contribution is 5.43. The zero-order valence-electron chi connectivity index (χ0n) is 11.3.